The number of fused-ring (bicyclic) bond motifs is 6. The first-order valence-corrected chi connectivity index (χ1v) is 22.3. The molecule has 8 aliphatic rings. The molecule has 6 heterocycles. The molecule has 6 fully saturated rings. The number of piperidine rings is 2. The molecule has 0 aromatic heterocycles. The van der Waals surface area contributed by atoms with Crippen LogP contribution in [0.3, 0.4) is 0 Å². The highest BCUT2D eigenvalue weighted by molar-refractivity contribution is 5.74. The average Bonchev–Trinajstić information content (AvgIpc) is 3.37. The van der Waals surface area contributed by atoms with Crippen LogP contribution in [0.5, 0.6) is 0 Å². The van der Waals surface area contributed by atoms with Crippen LogP contribution in [-0.2, 0) is 13.1 Å². The fourth-order valence-electron chi connectivity index (χ4n) is 13.5. The van der Waals surface area contributed by atoms with Gasteiger partial charge in [-0.15, -0.1) is 0 Å². The third kappa shape index (κ3) is 5.99. The molecule has 6 aliphatic heterocycles. The van der Waals surface area contributed by atoms with Crippen LogP contribution in [-0.4, -0.2) is 45.0 Å². The fourth-order valence-corrected chi connectivity index (χ4v) is 13.5. The van der Waals surface area contributed by atoms with Gasteiger partial charge in [0, 0.05) is 60.4 Å². The van der Waals surface area contributed by atoms with Gasteiger partial charge in [0.2, 0.25) is 0 Å². The number of nitrogens with one attached hydrogen (secondary N) is 4. The summed E-state index contributed by atoms with van der Waals surface area (Å²) in [4.78, 5) is 31.4. The molecule has 2 aliphatic carbocycles. The maximum Gasteiger partial charge on any atom is 0.315 e. The van der Waals surface area contributed by atoms with E-state index in [0.29, 0.717) is 48.3 Å². The van der Waals surface area contributed by atoms with Crippen molar-refractivity contribution in [3.63, 3.8) is 0 Å². The number of rotatable bonds is 12. The van der Waals surface area contributed by atoms with Gasteiger partial charge >= 0.3 is 12.1 Å². The van der Waals surface area contributed by atoms with Crippen LogP contribution in [0.15, 0.2) is 72.8 Å². The first-order valence-electron chi connectivity index (χ1n) is 22.3. The molecule has 4 amide bonds. The highest BCUT2D eigenvalue weighted by atomic mass is 16.2. The van der Waals surface area contributed by atoms with Gasteiger partial charge in [0.25, 0.3) is 0 Å². The van der Waals surface area contributed by atoms with Crippen LogP contribution in [0.25, 0.3) is 0 Å². The van der Waals surface area contributed by atoms with Gasteiger partial charge in [-0.3, -0.25) is 9.80 Å². The van der Waals surface area contributed by atoms with Gasteiger partial charge < -0.3 is 21.3 Å². The SMILES string of the molecule is O=C(NCc1cccc(CNC(=O)NC2CCC(CCC34CC5c6ccccc6C(C3)N54)CC2)c1)NC1CCC(CCC23CC4c5ccccc5C(C2)N43)CC1. The Balaban J connectivity index is 0.554. The number of hydrogen-bond donors (Lipinski definition) is 4. The largest absolute Gasteiger partial charge is 0.335 e. The van der Waals surface area contributed by atoms with Crippen LogP contribution in [0, 0.1) is 11.8 Å². The van der Waals surface area contributed by atoms with E-state index in [1.807, 2.05) is 18.2 Å². The Bertz CT molecular complexity index is 1780. The summed E-state index contributed by atoms with van der Waals surface area (Å²) in [5, 5.41) is 12.7. The molecule has 0 bridgehead atoms. The van der Waals surface area contributed by atoms with Crippen molar-refractivity contribution >= 4 is 12.1 Å². The van der Waals surface area contributed by atoms with Crippen LogP contribution >= 0.6 is 0 Å². The van der Waals surface area contributed by atoms with Gasteiger partial charge in [-0.25, -0.2) is 9.59 Å². The van der Waals surface area contributed by atoms with Crippen molar-refractivity contribution in [3.05, 3.63) is 106 Å². The molecule has 3 aromatic carbocycles. The molecular weight excluding hydrogens is 693 g/mol. The minimum Gasteiger partial charge on any atom is -0.335 e. The number of hydrogen-bond acceptors (Lipinski definition) is 4. The van der Waals surface area contributed by atoms with E-state index in [4.69, 9.17) is 0 Å². The van der Waals surface area contributed by atoms with Crippen molar-refractivity contribution in [1.82, 2.24) is 31.1 Å². The lowest BCUT2D eigenvalue weighted by molar-refractivity contribution is -0.194. The zero-order chi connectivity index (χ0) is 37.4. The van der Waals surface area contributed by atoms with E-state index in [2.05, 4.69) is 85.7 Å². The maximum atomic E-state index is 12.9. The molecule has 4 saturated heterocycles. The molecule has 8 heteroatoms. The lowest BCUT2D eigenvalue weighted by atomic mass is 9.63. The fraction of sp³-hybridized carbons (Fsp3) is 0.583. The lowest BCUT2D eigenvalue weighted by Gasteiger charge is -2.67. The number of nitrogens with zero attached hydrogens (tertiary/aromatic N) is 2. The molecule has 294 valence electrons. The Morgan fingerprint density at radius 3 is 1.27 bits per heavy atom. The molecule has 3 aromatic rings. The van der Waals surface area contributed by atoms with E-state index in [1.54, 1.807) is 22.3 Å². The number of urea groups is 2. The number of amides is 4. The van der Waals surface area contributed by atoms with Crippen LogP contribution in [0.4, 0.5) is 9.59 Å². The number of benzene rings is 3. The summed E-state index contributed by atoms with van der Waals surface area (Å²) < 4.78 is 0. The molecule has 11 rings (SSSR count). The summed E-state index contributed by atoms with van der Waals surface area (Å²) in [6, 6.07) is 29.5. The Kier molecular flexibility index (Phi) is 8.76. The van der Waals surface area contributed by atoms with Crippen molar-refractivity contribution in [2.75, 3.05) is 0 Å². The van der Waals surface area contributed by atoms with Crippen molar-refractivity contribution in [2.24, 2.45) is 11.8 Å². The molecule has 0 spiro atoms. The van der Waals surface area contributed by atoms with Crippen LogP contribution in [0.1, 0.15) is 160 Å². The summed E-state index contributed by atoms with van der Waals surface area (Å²) in [7, 11) is 0. The average molecular weight is 753 g/mol. The summed E-state index contributed by atoms with van der Waals surface area (Å²) in [6.45, 7) is 0.950. The molecule has 56 heavy (non-hydrogen) atoms. The normalized spacial score (nSPS) is 35.6. The second-order valence-electron chi connectivity index (χ2n) is 19.4. The van der Waals surface area contributed by atoms with Gasteiger partial charge in [-0.05, 0) is 148 Å². The van der Waals surface area contributed by atoms with Crippen molar-refractivity contribution in [2.45, 2.75) is 163 Å². The molecule has 2 saturated carbocycles. The van der Waals surface area contributed by atoms with E-state index >= 15 is 0 Å². The van der Waals surface area contributed by atoms with E-state index in [9.17, 15) is 9.59 Å². The minimum atomic E-state index is -0.0785. The maximum absolute atomic E-state index is 12.9. The molecule has 8 nitrogen and oxygen atoms in total. The zero-order valence-corrected chi connectivity index (χ0v) is 33.0. The first kappa shape index (κ1) is 35.3. The molecule has 4 unspecified atom stereocenters. The zero-order valence-electron chi connectivity index (χ0n) is 33.0. The predicted octanol–water partition coefficient (Wildman–Crippen LogP) is 9.25. The van der Waals surface area contributed by atoms with Gasteiger partial charge in [0.15, 0.2) is 0 Å². The van der Waals surface area contributed by atoms with Gasteiger partial charge in [0.1, 0.15) is 0 Å². The molecule has 4 N–H and O–H groups in total. The van der Waals surface area contributed by atoms with Gasteiger partial charge in [-0.1, -0.05) is 72.8 Å². The highest BCUT2D eigenvalue weighted by Gasteiger charge is 2.68. The van der Waals surface area contributed by atoms with Crippen molar-refractivity contribution in [1.29, 1.82) is 0 Å². The second-order valence-corrected chi connectivity index (χ2v) is 19.4. The number of carbonyl (C=O) groups excluding carboxylic acids is 2. The molecule has 0 radical (unpaired) electrons. The Labute approximate surface area is 332 Å². The summed E-state index contributed by atoms with van der Waals surface area (Å²) in [5.41, 5.74) is 9.43. The monoisotopic (exact) mass is 752 g/mol. The smallest absolute Gasteiger partial charge is 0.315 e. The summed E-state index contributed by atoms with van der Waals surface area (Å²) in [5.74, 6) is 1.58. The number of carbonyl (C=O) groups is 2. The van der Waals surface area contributed by atoms with E-state index in [0.717, 1.165) is 48.6 Å². The third-order valence-electron chi connectivity index (χ3n) is 16.5. The Morgan fingerprint density at radius 2 is 0.893 bits per heavy atom. The van der Waals surface area contributed by atoms with Crippen LogP contribution in [0.2, 0.25) is 0 Å². The second kappa shape index (κ2) is 13.9. The van der Waals surface area contributed by atoms with E-state index in [1.165, 1.54) is 77.0 Å². The van der Waals surface area contributed by atoms with E-state index in [-0.39, 0.29) is 24.1 Å². The van der Waals surface area contributed by atoms with Gasteiger partial charge in [0.05, 0.1) is 0 Å². The van der Waals surface area contributed by atoms with Gasteiger partial charge in [-0.2, -0.15) is 0 Å². The van der Waals surface area contributed by atoms with E-state index < -0.39 is 0 Å². The summed E-state index contributed by atoms with van der Waals surface area (Å²) in [6.07, 6.45) is 19.9. The quantitative estimate of drug-likeness (QED) is 0.149. The third-order valence-corrected chi connectivity index (χ3v) is 16.5. The minimum absolute atomic E-state index is 0.0785. The summed E-state index contributed by atoms with van der Waals surface area (Å²) >= 11 is 0. The standard InChI is InChI=1S/C48H60N6O2/c55-45(51-35-16-12-31(13-17-35)20-22-47-25-41-37-8-1-2-9-38(37)42(26-47)53(41)47)49-29-33-6-5-7-34(24-33)30-50-46(56)52-36-18-14-32(15-19-36)21-23-48-27-43-39-10-3-4-11-40(39)44(28-48)54(43)48/h1-11,24,31-32,35-36,41-44H,12-23,25-30H2,(H2,49,51,55)(H2,50,52,56). The molecule has 4 atom stereocenters. The highest BCUT2D eigenvalue weighted by Crippen LogP contribution is 2.71. The Hall–Kier alpha value is -3.88. The van der Waals surface area contributed by atoms with Crippen molar-refractivity contribution in [3.8, 4) is 0 Å². The molecular formula is C48H60N6O2. The Morgan fingerprint density at radius 1 is 0.518 bits per heavy atom. The topological polar surface area (TPSA) is 88.7 Å². The predicted molar refractivity (Wildman–Crippen MR) is 219 cm³/mol. The lowest BCUT2D eigenvalue weighted by Crippen LogP contribution is -2.68. The first-order chi connectivity index (χ1) is 27.4. The van der Waals surface area contributed by atoms with Crippen LogP contribution < -0.4 is 21.3 Å². The van der Waals surface area contributed by atoms with Crippen molar-refractivity contribution < 1.29 is 9.59 Å².